The van der Waals surface area contributed by atoms with Gasteiger partial charge in [0.1, 0.15) is 6.29 Å². The molecule has 0 aliphatic rings. The van der Waals surface area contributed by atoms with Crippen molar-refractivity contribution in [2.45, 2.75) is 79.1 Å². The molecule has 0 rings (SSSR count). The molecule has 0 fully saturated rings. The summed E-state index contributed by atoms with van der Waals surface area (Å²) >= 11 is 0. The third-order valence-electron chi connectivity index (χ3n) is 3.35. The third kappa shape index (κ3) is 7.36. The molecule has 17 heavy (non-hydrogen) atoms. The van der Waals surface area contributed by atoms with Crippen LogP contribution < -0.4 is 0 Å². The van der Waals surface area contributed by atoms with Crippen molar-refractivity contribution in [3.63, 3.8) is 0 Å². The van der Waals surface area contributed by atoms with E-state index in [0.717, 1.165) is 31.1 Å². The molecule has 0 unspecified atom stereocenters. The van der Waals surface area contributed by atoms with Gasteiger partial charge in [0.25, 0.3) is 0 Å². The maximum Gasteiger partial charge on any atom is 0.145 e. The highest BCUT2D eigenvalue weighted by molar-refractivity contribution is 5.74. The predicted octanol–water partition coefficient (Wildman–Crippen LogP) is 5.30. The average molecular weight is 238 g/mol. The molecule has 0 aromatic heterocycles. The van der Waals surface area contributed by atoms with Crippen LogP contribution in [0.25, 0.3) is 0 Å². The van der Waals surface area contributed by atoms with Gasteiger partial charge in [-0.05, 0) is 37.2 Å². The van der Waals surface area contributed by atoms with Gasteiger partial charge in [-0.1, -0.05) is 59.0 Å². The van der Waals surface area contributed by atoms with Crippen LogP contribution in [0.2, 0.25) is 0 Å². The van der Waals surface area contributed by atoms with Crippen LogP contribution in [0.5, 0.6) is 0 Å². The van der Waals surface area contributed by atoms with Gasteiger partial charge in [0.2, 0.25) is 0 Å². The van der Waals surface area contributed by atoms with Crippen molar-refractivity contribution in [3.05, 3.63) is 11.1 Å². The zero-order valence-corrected chi connectivity index (χ0v) is 12.2. The first-order chi connectivity index (χ1) is 8.17. The van der Waals surface area contributed by atoms with Gasteiger partial charge in [-0.3, -0.25) is 4.79 Å². The van der Waals surface area contributed by atoms with Gasteiger partial charge < -0.3 is 0 Å². The normalized spacial score (nSPS) is 12.8. The number of aldehydes is 1. The highest BCUT2D eigenvalue weighted by Crippen LogP contribution is 2.24. The fourth-order valence-corrected chi connectivity index (χ4v) is 2.25. The molecule has 0 N–H and O–H groups in total. The lowest BCUT2D eigenvalue weighted by atomic mass is 9.90. The van der Waals surface area contributed by atoms with Crippen LogP contribution in [0, 0.1) is 5.92 Å². The van der Waals surface area contributed by atoms with Crippen LogP contribution >= 0.6 is 0 Å². The van der Waals surface area contributed by atoms with E-state index in [1.807, 2.05) is 0 Å². The van der Waals surface area contributed by atoms with E-state index in [1.54, 1.807) is 0 Å². The monoisotopic (exact) mass is 238 g/mol. The SMILES string of the molecule is CCCCCC(C=O)=C(CCCCC)C(C)C. The fourth-order valence-electron chi connectivity index (χ4n) is 2.25. The highest BCUT2D eigenvalue weighted by atomic mass is 16.1. The van der Waals surface area contributed by atoms with Crippen molar-refractivity contribution in [1.82, 2.24) is 0 Å². The molecule has 0 bridgehead atoms. The summed E-state index contributed by atoms with van der Waals surface area (Å²) in [6.07, 6.45) is 10.6. The Balaban J connectivity index is 4.48. The van der Waals surface area contributed by atoms with Crippen molar-refractivity contribution in [1.29, 1.82) is 0 Å². The summed E-state index contributed by atoms with van der Waals surface area (Å²) in [7, 11) is 0. The number of carbonyl (C=O) groups is 1. The first-order valence-corrected chi connectivity index (χ1v) is 7.34. The summed E-state index contributed by atoms with van der Waals surface area (Å²) < 4.78 is 0. The van der Waals surface area contributed by atoms with E-state index in [4.69, 9.17) is 0 Å². The molecule has 0 radical (unpaired) electrons. The van der Waals surface area contributed by atoms with E-state index in [9.17, 15) is 4.79 Å². The molecule has 0 heterocycles. The van der Waals surface area contributed by atoms with Gasteiger partial charge in [-0.2, -0.15) is 0 Å². The molecule has 1 nitrogen and oxygen atoms in total. The van der Waals surface area contributed by atoms with Crippen LogP contribution in [0.4, 0.5) is 0 Å². The minimum atomic E-state index is 0.522. The van der Waals surface area contributed by atoms with E-state index in [2.05, 4.69) is 27.7 Å². The second-order valence-corrected chi connectivity index (χ2v) is 5.24. The Bertz CT molecular complexity index is 226. The van der Waals surface area contributed by atoms with Crippen LogP contribution in [-0.2, 0) is 4.79 Å². The number of hydrogen-bond acceptors (Lipinski definition) is 1. The molecule has 0 atom stereocenters. The molecule has 1 heteroatoms. The second-order valence-electron chi connectivity index (χ2n) is 5.24. The van der Waals surface area contributed by atoms with Crippen molar-refractivity contribution in [2.24, 2.45) is 5.92 Å². The quantitative estimate of drug-likeness (QED) is 0.287. The molecule has 0 aromatic rings. The zero-order valence-electron chi connectivity index (χ0n) is 12.2. The summed E-state index contributed by atoms with van der Waals surface area (Å²) in [5.41, 5.74) is 2.49. The van der Waals surface area contributed by atoms with Gasteiger partial charge in [0, 0.05) is 0 Å². The number of hydrogen-bond donors (Lipinski definition) is 0. The third-order valence-corrected chi connectivity index (χ3v) is 3.35. The minimum Gasteiger partial charge on any atom is -0.298 e. The first kappa shape index (κ1) is 16.4. The highest BCUT2D eigenvalue weighted by Gasteiger charge is 2.10. The van der Waals surface area contributed by atoms with Gasteiger partial charge in [0.05, 0.1) is 0 Å². The van der Waals surface area contributed by atoms with E-state index >= 15 is 0 Å². The molecule has 100 valence electrons. The number of allylic oxidation sites excluding steroid dienone is 2. The lowest BCUT2D eigenvalue weighted by Gasteiger charge is -2.15. The van der Waals surface area contributed by atoms with Crippen LogP contribution in [0.1, 0.15) is 79.1 Å². The fraction of sp³-hybridized carbons (Fsp3) is 0.812. The summed E-state index contributed by atoms with van der Waals surface area (Å²) in [6, 6.07) is 0. The van der Waals surface area contributed by atoms with Gasteiger partial charge >= 0.3 is 0 Å². The van der Waals surface area contributed by atoms with Crippen LogP contribution in [0.3, 0.4) is 0 Å². The average Bonchev–Trinajstić information content (AvgIpc) is 2.31. The summed E-state index contributed by atoms with van der Waals surface area (Å²) in [5, 5.41) is 0. The molecule has 0 spiro atoms. The molecule has 0 amide bonds. The Hall–Kier alpha value is -0.590. The van der Waals surface area contributed by atoms with Crippen molar-refractivity contribution < 1.29 is 4.79 Å². The lowest BCUT2D eigenvalue weighted by Crippen LogP contribution is -2.02. The molecule has 0 aliphatic heterocycles. The maximum atomic E-state index is 11.2. The topological polar surface area (TPSA) is 17.1 Å². The van der Waals surface area contributed by atoms with Crippen LogP contribution in [0.15, 0.2) is 11.1 Å². The van der Waals surface area contributed by atoms with Gasteiger partial charge in [-0.25, -0.2) is 0 Å². The summed E-state index contributed by atoms with van der Waals surface area (Å²) in [4.78, 5) is 11.2. The number of rotatable bonds is 10. The molecule has 0 aromatic carbocycles. The number of unbranched alkanes of at least 4 members (excludes halogenated alkanes) is 4. The molecule has 0 aliphatic carbocycles. The zero-order chi connectivity index (χ0) is 13.1. The van der Waals surface area contributed by atoms with E-state index in [1.165, 1.54) is 37.7 Å². The number of carbonyl (C=O) groups excluding carboxylic acids is 1. The first-order valence-electron chi connectivity index (χ1n) is 7.34. The minimum absolute atomic E-state index is 0.522. The lowest BCUT2D eigenvalue weighted by molar-refractivity contribution is -0.105. The second kappa shape index (κ2) is 10.6. The van der Waals surface area contributed by atoms with E-state index in [-0.39, 0.29) is 0 Å². The predicted molar refractivity (Wildman–Crippen MR) is 76.2 cm³/mol. The Labute approximate surface area is 108 Å². The Morgan fingerprint density at radius 3 is 1.88 bits per heavy atom. The van der Waals surface area contributed by atoms with Gasteiger partial charge in [0.15, 0.2) is 0 Å². The molecular weight excluding hydrogens is 208 g/mol. The Morgan fingerprint density at radius 2 is 1.47 bits per heavy atom. The summed E-state index contributed by atoms with van der Waals surface area (Å²) in [6.45, 7) is 8.85. The summed E-state index contributed by atoms with van der Waals surface area (Å²) in [5.74, 6) is 0.522. The maximum absolute atomic E-state index is 11.2. The smallest absolute Gasteiger partial charge is 0.145 e. The Kier molecular flexibility index (Phi) is 10.2. The molecular formula is C16H30O. The van der Waals surface area contributed by atoms with E-state index in [0.29, 0.717) is 5.92 Å². The van der Waals surface area contributed by atoms with Crippen molar-refractivity contribution >= 4 is 6.29 Å². The Morgan fingerprint density at radius 1 is 0.941 bits per heavy atom. The van der Waals surface area contributed by atoms with Crippen molar-refractivity contribution in [3.8, 4) is 0 Å². The molecule has 0 saturated heterocycles. The van der Waals surface area contributed by atoms with Crippen molar-refractivity contribution in [2.75, 3.05) is 0 Å². The van der Waals surface area contributed by atoms with Crippen LogP contribution in [-0.4, -0.2) is 6.29 Å². The largest absolute Gasteiger partial charge is 0.298 e. The van der Waals surface area contributed by atoms with E-state index < -0.39 is 0 Å². The van der Waals surface area contributed by atoms with Gasteiger partial charge in [-0.15, -0.1) is 0 Å². The standard InChI is InChI=1S/C16H30O/c1-5-7-9-11-15(13-17)16(14(3)4)12-10-8-6-2/h13-14H,5-12H2,1-4H3. The molecule has 0 saturated carbocycles.